The molecule has 0 radical (unpaired) electrons. The molecule has 312 valence electrons. The molecule has 0 heterocycles. The van der Waals surface area contributed by atoms with Gasteiger partial charge in [0.2, 0.25) is 0 Å². The molecule has 0 aromatic rings. The fraction of sp³-hybridized carbons (Fsp3) is 0.891. The van der Waals surface area contributed by atoms with Crippen LogP contribution in [0.15, 0.2) is 23.3 Å². The zero-order valence-corrected chi connectivity index (χ0v) is 41.1. The van der Waals surface area contributed by atoms with Gasteiger partial charge in [-0.3, -0.25) is 4.79 Å². The number of carbonyl (C=O) groups excluding carboxylic acids is 1. The molecule has 0 aromatic carbocycles. The minimum Gasteiger partial charge on any atom is -0.465 e. The highest BCUT2D eigenvalue weighted by Crippen LogP contribution is 2.59. The largest absolute Gasteiger partial charge is 0.465 e. The number of ether oxygens (including phenoxy) is 1. The number of hydrogen-bond acceptors (Lipinski definition) is 5. The molecule has 54 heavy (non-hydrogen) atoms. The number of allylic oxidation sites excluding steroid dienone is 3. The predicted molar refractivity (Wildman–Crippen MR) is 237 cm³/mol. The highest BCUT2D eigenvalue weighted by Gasteiger charge is 2.53. The van der Waals surface area contributed by atoms with Crippen LogP contribution in [0.2, 0.25) is 54.4 Å². The molecule has 0 N–H and O–H groups in total. The van der Waals surface area contributed by atoms with E-state index in [0.29, 0.717) is 18.4 Å². The van der Waals surface area contributed by atoms with E-state index in [1.54, 1.807) is 5.57 Å². The number of esters is 1. The van der Waals surface area contributed by atoms with E-state index in [1.807, 2.05) is 0 Å². The molecular formula is C46H86O5Si3. The van der Waals surface area contributed by atoms with Crippen LogP contribution in [0.25, 0.3) is 0 Å². The number of hydrogen-bond donors (Lipinski definition) is 0. The van der Waals surface area contributed by atoms with Crippen LogP contribution >= 0.6 is 0 Å². The maximum absolute atomic E-state index is 13.8. The first-order valence-electron chi connectivity index (χ1n) is 22.6. The van der Waals surface area contributed by atoms with Crippen molar-refractivity contribution < 1.29 is 22.8 Å². The van der Waals surface area contributed by atoms with E-state index in [2.05, 4.69) is 115 Å². The maximum Gasteiger partial charge on any atom is 0.308 e. The fourth-order valence-corrected chi connectivity index (χ4v) is 16.3. The second-order valence-electron chi connectivity index (χ2n) is 21.7. The van der Waals surface area contributed by atoms with E-state index in [0.717, 1.165) is 44.9 Å². The van der Waals surface area contributed by atoms with E-state index in [-0.39, 0.29) is 45.2 Å². The first kappa shape index (κ1) is 46.2. The first-order chi connectivity index (χ1) is 25.0. The summed E-state index contributed by atoms with van der Waals surface area (Å²) >= 11 is 0. The van der Waals surface area contributed by atoms with Crippen LogP contribution in [-0.4, -0.2) is 55.3 Å². The summed E-state index contributed by atoms with van der Waals surface area (Å²) in [6.07, 6.45) is 19.8. The summed E-state index contributed by atoms with van der Waals surface area (Å²) in [5.74, 6) is 0.841. The molecule has 4 aliphatic carbocycles. The predicted octanol–water partition coefficient (Wildman–Crippen LogP) is 13.9. The smallest absolute Gasteiger partial charge is 0.308 e. The van der Waals surface area contributed by atoms with E-state index >= 15 is 0 Å². The number of carbonyl (C=O) groups is 1. The van der Waals surface area contributed by atoms with Gasteiger partial charge >= 0.3 is 5.97 Å². The lowest BCUT2D eigenvalue weighted by molar-refractivity contribution is -0.153. The van der Waals surface area contributed by atoms with Gasteiger partial charge in [-0.25, -0.2) is 0 Å². The third-order valence-corrected chi connectivity index (χ3v) is 30.1. The highest BCUT2D eigenvalue weighted by atomic mass is 28.4. The normalized spacial score (nSPS) is 29.7. The number of rotatable bonds is 15. The van der Waals surface area contributed by atoms with Crippen LogP contribution in [0, 0.1) is 23.2 Å². The van der Waals surface area contributed by atoms with E-state index in [4.69, 9.17) is 18.0 Å². The molecule has 0 aliphatic heterocycles. The van der Waals surface area contributed by atoms with Gasteiger partial charge in [0.1, 0.15) is 0 Å². The molecule has 0 spiro atoms. The van der Waals surface area contributed by atoms with Gasteiger partial charge < -0.3 is 18.0 Å². The summed E-state index contributed by atoms with van der Waals surface area (Å²) in [5.41, 5.74) is 3.15. The number of fused-ring (bicyclic) bond motifs is 1. The SMILES string of the molecule is CC[Si](CC)(CC)OC1(CCOC(=O)[C@@H](C)[C@H]2CC[C@H]3/C(=C/C=C4C[C@@H](O[Si](C)(C)C(C)(C)C)C[C@H](O[Si](C)(C)C(C)(C)C)C4)CCC[C@]23C)CCCC1. The highest BCUT2D eigenvalue weighted by molar-refractivity contribution is 6.74. The summed E-state index contributed by atoms with van der Waals surface area (Å²) in [4.78, 5) is 13.8. The molecule has 5 nitrogen and oxygen atoms in total. The van der Waals surface area contributed by atoms with Gasteiger partial charge in [0.15, 0.2) is 25.0 Å². The van der Waals surface area contributed by atoms with Crippen molar-refractivity contribution in [2.75, 3.05) is 6.61 Å². The Morgan fingerprint density at radius 1 is 0.815 bits per heavy atom. The second kappa shape index (κ2) is 17.8. The van der Waals surface area contributed by atoms with E-state index < -0.39 is 25.0 Å². The van der Waals surface area contributed by atoms with Gasteiger partial charge in [0.25, 0.3) is 0 Å². The van der Waals surface area contributed by atoms with Crippen molar-refractivity contribution in [2.45, 2.75) is 232 Å². The molecule has 0 amide bonds. The fourth-order valence-electron chi connectivity index (χ4n) is 10.4. The lowest BCUT2D eigenvalue weighted by atomic mass is 9.61. The Labute approximate surface area is 337 Å². The maximum atomic E-state index is 13.8. The van der Waals surface area contributed by atoms with Crippen molar-refractivity contribution in [3.8, 4) is 0 Å². The van der Waals surface area contributed by atoms with Crippen molar-refractivity contribution in [1.82, 2.24) is 0 Å². The molecule has 6 atom stereocenters. The van der Waals surface area contributed by atoms with E-state index in [1.165, 1.54) is 62.2 Å². The quantitative estimate of drug-likeness (QED) is 0.122. The lowest BCUT2D eigenvalue weighted by Crippen LogP contribution is -2.48. The Morgan fingerprint density at radius 3 is 1.85 bits per heavy atom. The molecule has 0 bridgehead atoms. The molecule has 0 unspecified atom stereocenters. The summed E-state index contributed by atoms with van der Waals surface area (Å²) in [7, 11) is -5.57. The second-order valence-corrected chi connectivity index (χ2v) is 36.0. The zero-order valence-electron chi connectivity index (χ0n) is 38.1. The van der Waals surface area contributed by atoms with Gasteiger partial charge in [-0.1, -0.05) is 112 Å². The van der Waals surface area contributed by atoms with Crippen LogP contribution in [0.4, 0.5) is 0 Å². The Balaban J connectivity index is 1.46. The topological polar surface area (TPSA) is 54.0 Å². The molecule has 4 rings (SSSR count). The average molecular weight is 803 g/mol. The summed E-state index contributed by atoms with van der Waals surface area (Å²) in [5, 5.41) is 0.361. The summed E-state index contributed by atoms with van der Waals surface area (Å²) in [6, 6.07) is 3.52. The standard InChI is InChI=1S/C46H86O5Si3/c1-16-54(17-2,18-3)51-46(28-19-20-29-46)30-31-48-42(47)35(4)40-25-26-41-37(22-21-27-45(40,41)11)24-23-36-32-38(49-52(12,13)43(5,6)7)34-39(33-36)50-53(14,15)44(8,9)10/h23-24,35,38-41H,16-22,25-34H2,1-15H3/b37-24+/t35-,38+,39+,40+,41-,45+/m0/s1. The monoisotopic (exact) mass is 803 g/mol. The van der Waals surface area contributed by atoms with Gasteiger partial charge in [0.05, 0.1) is 30.3 Å². The molecule has 4 saturated carbocycles. The molecule has 4 fully saturated rings. The molecule has 8 heteroatoms. The molecule has 0 aromatic heterocycles. The van der Waals surface area contributed by atoms with Gasteiger partial charge in [-0.15, -0.1) is 0 Å². The van der Waals surface area contributed by atoms with Crippen molar-refractivity contribution in [3.05, 3.63) is 23.3 Å². The third kappa shape index (κ3) is 10.6. The molecule has 4 aliphatic rings. The molecule has 0 saturated heterocycles. The van der Waals surface area contributed by atoms with Gasteiger partial charge in [-0.05, 0) is 136 Å². The first-order valence-corrected chi connectivity index (χ1v) is 30.9. The summed E-state index contributed by atoms with van der Waals surface area (Å²) < 4.78 is 27.5. The molecular weight excluding hydrogens is 717 g/mol. The summed E-state index contributed by atoms with van der Waals surface area (Å²) in [6.45, 7) is 35.8. The van der Waals surface area contributed by atoms with Crippen molar-refractivity contribution in [2.24, 2.45) is 23.2 Å². The van der Waals surface area contributed by atoms with Crippen LogP contribution in [0.3, 0.4) is 0 Å². The van der Waals surface area contributed by atoms with Crippen LogP contribution in [-0.2, 0) is 22.8 Å². The minimum absolute atomic E-state index is 0.0148. The van der Waals surface area contributed by atoms with Crippen LogP contribution in [0.1, 0.15) is 160 Å². The Morgan fingerprint density at radius 2 is 1.35 bits per heavy atom. The Hall–Kier alpha value is -0.519. The minimum atomic E-state index is -1.92. The van der Waals surface area contributed by atoms with Crippen molar-refractivity contribution >= 4 is 30.9 Å². The van der Waals surface area contributed by atoms with Crippen LogP contribution in [0.5, 0.6) is 0 Å². The van der Waals surface area contributed by atoms with E-state index in [9.17, 15) is 4.79 Å². The lowest BCUT2D eigenvalue weighted by Gasteiger charge is -2.45. The third-order valence-electron chi connectivity index (χ3n) is 16.3. The Bertz CT molecular complexity index is 1270. The Kier molecular flexibility index (Phi) is 15.2. The average Bonchev–Trinajstić information content (AvgIpc) is 3.68. The zero-order chi connectivity index (χ0) is 40.4. The van der Waals surface area contributed by atoms with Gasteiger partial charge in [0, 0.05) is 6.42 Å². The van der Waals surface area contributed by atoms with Crippen LogP contribution < -0.4 is 0 Å². The van der Waals surface area contributed by atoms with Crippen molar-refractivity contribution in [1.29, 1.82) is 0 Å². The van der Waals surface area contributed by atoms with Gasteiger partial charge in [-0.2, -0.15) is 0 Å². The van der Waals surface area contributed by atoms with Crippen molar-refractivity contribution in [3.63, 3.8) is 0 Å².